The fraction of sp³-hybridized carbons (Fsp3) is 0.786. The summed E-state index contributed by atoms with van der Waals surface area (Å²) < 4.78 is 0. The van der Waals surface area contributed by atoms with Gasteiger partial charge >= 0.3 is 0 Å². The van der Waals surface area contributed by atoms with E-state index in [4.69, 9.17) is 10.7 Å². The molecule has 0 aromatic carbocycles. The van der Waals surface area contributed by atoms with Crippen LogP contribution in [0, 0.1) is 12.8 Å². The minimum absolute atomic E-state index is 0.447. The van der Waals surface area contributed by atoms with Crippen molar-refractivity contribution in [3.05, 3.63) is 16.1 Å². The zero-order valence-corrected chi connectivity index (χ0v) is 12.4. The van der Waals surface area contributed by atoms with E-state index in [1.165, 1.54) is 42.9 Å². The van der Waals surface area contributed by atoms with Crippen LogP contribution in [0.5, 0.6) is 0 Å². The Bertz CT molecular complexity index is 364. The Balaban J connectivity index is 2.25. The van der Waals surface area contributed by atoms with Gasteiger partial charge in [0.05, 0.1) is 16.7 Å². The zero-order valence-electron chi connectivity index (χ0n) is 11.6. The summed E-state index contributed by atoms with van der Waals surface area (Å²) in [5.41, 5.74) is 7.27. The third-order valence-electron chi connectivity index (χ3n) is 3.86. The van der Waals surface area contributed by atoms with Gasteiger partial charge in [-0.05, 0) is 51.7 Å². The Hall–Kier alpha value is -0.450. The zero-order chi connectivity index (χ0) is 13.0. The second-order valence-electron chi connectivity index (χ2n) is 5.26. The van der Waals surface area contributed by atoms with E-state index < -0.39 is 0 Å². The number of aryl methyl sites for hydroxylation is 1. The van der Waals surface area contributed by atoms with Crippen molar-refractivity contribution in [2.24, 2.45) is 11.7 Å². The standard InChI is InChI=1S/C14H25N3S/c1-3-7-17-8-5-4-6-12(9-15)14(17)13-10-18-11(2)16-13/h10,12,14H,3-9,15H2,1-2H3. The molecular formula is C14H25N3S. The first-order valence-corrected chi connectivity index (χ1v) is 8.00. The highest BCUT2D eigenvalue weighted by molar-refractivity contribution is 7.09. The van der Waals surface area contributed by atoms with E-state index >= 15 is 0 Å². The Morgan fingerprint density at radius 1 is 1.50 bits per heavy atom. The maximum Gasteiger partial charge on any atom is 0.0898 e. The summed E-state index contributed by atoms with van der Waals surface area (Å²) in [6, 6.07) is 0.447. The van der Waals surface area contributed by atoms with Gasteiger partial charge in [-0.2, -0.15) is 0 Å². The van der Waals surface area contributed by atoms with Crippen molar-refractivity contribution < 1.29 is 0 Å². The van der Waals surface area contributed by atoms with E-state index in [1.807, 2.05) is 0 Å². The van der Waals surface area contributed by atoms with Crippen molar-refractivity contribution in [3.8, 4) is 0 Å². The second-order valence-corrected chi connectivity index (χ2v) is 6.33. The Morgan fingerprint density at radius 2 is 2.33 bits per heavy atom. The fourth-order valence-electron chi connectivity index (χ4n) is 3.05. The Labute approximate surface area is 114 Å². The van der Waals surface area contributed by atoms with Crippen LogP contribution in [0.4, 0.5) is 0 Å². The number of nitrogens with two attached hydrogens (primary N) is 1. The molecule has 2 atom stereocenters. The molecule has 0 amide bonds. The summed E-state index contributed by atoms with van der Waals surface area (Å²) in [4.78, 5) is 7.34. The first kappa shape index (κ1) is 14.0. The molecule has 0 bridgehead atoms. The number of hydrogen-bond acceptors (Lipinski definition) is 4. The van der Waals surface area contributed by atoms with E-state index in [1.54, 1.807) is 11.3 Å². The van der Waals surface area contributed by atoms with Gasteiger partial charge in [-0.3, -0.25) is 4.90 Å². The van der Waals surface area contributed by atoms with Crippen molar-refractivity contribution in [1.29, 1.82) is 0 Å². The number of hydrogen-bond donors (Lipinski definition) is 1. The van der Waals surface area contributed by atoms with Crippen LogP contribution in [0.25, 0.3) is 0 Å². The van der Waals surface area contributed by atoms with Gasteiger partial charge in [0.2, 0.25) is 0 Å². The smallest absolute Gasteiger partial charge is 0.0898 e. The molecule has 2 unspecified atom stereocenters. The van der Waals surface area contributed by atoms with Gasteiger partial charge in [0.15, 0.2) is 0 Å². The molecule has 1 fully saturated rings. The lowest BCUT2D eigenvalue weighted by Crippen LogP contribution is -2.36. The number of thiazole rings is 1. The number of nitrogens with zero attached hydrogens (tertiary/aromatic N) is 2. The molecule has 0 saturated carbocycles. The molecule has 4 heteroatoms. The van der Waals surface area contributed by atoms with E-state index in [-0.39, 0.29) is 0 Å². The molecule has 1 aliphatic heterocycles. The molecule has 0 radical (unpaired) electrons. The molecule has 2 heterocycles. The van der Waals surface area contributed by atoms with E-state index in [9.17, 15) is 0 Å². The summed E-state index contributed by atoms with van der Waals surface area (Å²) in [7, 11) is 0. The quantitative estimate of drug-likeness (QED) is 0.912. The maximum atomic E-state index is 6.01. The lowest BCUT2D eigenvalue weighted by Gasteiger charge is -2.33. The van der Waals surface area contributed by atoms with Crippen molar-refractivity contribution >= 4 is 11.3 Å². The van der Waals surface area contributed by atoms with Crippen LogP contribution >= 0.6 is 11.3 Å². The average Bonchev–Trinajstić information content (AvgIpc) is 2.68. The highest BCUT2D eigenvalue weighted by Crippen LogP contribution is 2.35. The largest absolute Gasteiger partial charge is 0.330 e. The first-order chi connectivity index (χ1) is 8.76. The molecule has 1 aromatic rings. The van der Waals surface area contributed by atoms with Crippen LogP contribution in [0.3, 0.4) is 0 Å². The first-order valence-electron chi connectivity index (χ1n) is 7.12. The van der Waals surface area contributed by atoms with Gasteiger partial charge in [-0.15, -0.1) is 11.3 Å². The van der Waals surface area contributed by atoms with Gasteiger partial charge in [0.25, 0.3) is 0 Å². The molecule has 1 aromatic heterocycles. The topological polar surface area (TPSA) is 42.1 Å². The average molecular weight is 267 g/mol. The molecule has 0 spiro atoms. The SMILES string of the molecule is CCCN1CCCCC(CN)C1c1csc(C)n1. The second kappa shape index (κ2) is 6.64. The highest BCUT2D eigenvalue weighted by atomic mass is 32.1. The van der Waals surface area contributed by atoms with E-state index in [2.05, 4.69) is 24.1 Å². The van der Waals surface area contributed by atoms with Gasteiger partial charge < -0.3 is 5.73 Å². The molecule has 3 nitrogen and oxygen atoms in total. The predicted octanol–water partition coefficient (Wildman–Crippen LogP) is 2.96. The number of rotatable bonds is 4. The van der Waals surface area contributed by atoms with Crippen molar-refractivity contribution in [2.75, 3.05) is 19.6 Å². The lowest BCUT2D eigenvalue weighted by molar-refractivity contribution is 0.155. The molecular weight excluding hydrogens is 242 g/mol. The van der Waals surface area contributed by atoms with Crippen molar-refractivity contribution in [3.63, 3.8) is 0 Å². The molecule has 18 heavy (non-hydrogen) atoms. The third-order valence-corrected chi connectivity index (χ3v) is 4.66. The van der Waals surface area contributed by atoms with Crippen LogP contribution in [-0.2, 0) is 0 Å². The van der Waals surface area contributed by atoms with Gasteiger partial charge in [-0.25, -0.2) is 4.98 Å². The van der Waals surface area contributed by atoms with E-state index in [0.717, 1.165) is 13.1 Å². The number of aromatic nitrogens is 1. The van der Waals surface area contributed by atoms with Crippen LogP contribution < -0.4 is 5.73 Å². The van der Waals surface area contributed by atoms with Gasteiger partial charge in [-0.1, -0.05) is 13.3 Å². The normalized spacial score (nSPS) is 26.2. The molecule has 1 aliphatic rings. The predicted molar refractivity (Wildman–Crippen MR) is 77.9 cm³/mol. The summed E-state index contributed by atoms with van der Waals surface area (Å²) >= 11 is 1.76. The van der Waals surface area contributed by atoms with E-state index in [0.29, 0.717) is 12.0 Å². The molecule has 2 N–H and O–H groups in total. The monoisotopic (exact) mass is 267 g/mol. The fourth-order valence-corrected chi connectivity index (χ4v) is 3.69. The minimum Gasteiger partial charge on any atom is -0.330 e. The number of likely N-dealkylation sites (tertiary alicyclic amines) is 1. The summed E-state index contributed by atoms with van der Waals surface area (Å²) in [5, 5.41) is 3.40. The van der Waals surface area contributed by atoms with Gasteiger partial charge in [0, 0.05) is 5.38 Å². The lowest BCUT2D eigenvalue weighted by atomic mass is 9.92. The molecule has 1 saturated heterocycles. The minimum atomic E-state index is 0.447. The molecule has 2 rings (SSSR count). The summed E-state index contributed by atoms with van der Waals surface area (Å²) in [5.74, 6) is 0.570. The van der Waals surface area contributed by atoms with Crippen LogP contribution in [0.15, 0.2) is 5.38 Å². The maximum absolute atomic E-state index is 6.01. The van der Waals surface area contributed by atoms with Crippen LogP contribution in [0.1, 0.15) is 49.4 Å². The van der Waals surface area contributed by atoms with Crippen molar-refractivity contribution in [2.45, 2.75) is 45.6 Å². The van der Waals surface area contributed by atoms with Crippen molar-refractivity contribution in [1.82, 2.24) is 9.88 Å². The Morgan fingerprint density at radius 3 is 2.94 bits per heavy atom. The van der Waals surface area contributed by atoms with Crippen LogP contribution in [-0.4, -0.2) is 29.5 Å². The third kappa shape index (κ3) is 3.11. The van der Waals surface area contributed by atoms with Gasteiger partial charge in [0.1, 0.15) is 0 Å². The molecule has 102 valence electrons. The molecule has 0 aliphatic carbocycles. The summed E-state index contributed by atoms with van der Waals surface area (Å²) in [6.07, 6.45) is 5.06. The Kier molecular flexibility index (Phi) is 5.15. The van der Waals surface area contributed by atoms with Crippen LogP contribution in [0.2, 0.25) is 0 Å². The summed E-state index contributed by atoms with van der Waals surface area (Å²) in [6.45, 7) is 7.49. The highest BCUT2D eigenvalue weighted by Gasteiger charge is 2.31.